The number of amides is 1. The van der Waals surface area contributed by atoms with E-state index in [0.717, 1.165) is 55.1 Å². The third-order valence-electron chi connectivity index (χ3n) is 6.35. The number of hydrogen-bond donors (Lipinski definition) is 2. The molecule has 2 fully saturated rings. The summed E-state index contributed by atoms with van der Waals surface area (Å²) in [6, 6.07) is 14.5. The fourth-order valence-electron chi connectivity index (χ4n) is 5.00. The molecule has 2 aromatic carbocycles. The smallest absolute Gasteiger partial charge is 0.238 e. The van der Waals surface area contributed by atoms with Crippen LogP contribution in [-0.4, -0.2) is 41.1 Å². The highest BCUT2D eigenvalue weighted by atomic mass is 16.3. The molecule has 0 bridgehead atoms. The van der Waals surface area contributed by atoms with Crippen LogP contribution in [0.3, 0.4) is 0 Å². The molecule has 4 nitrogen and oxygen atoms in total. The van der Waals surface area contributed by atoms with Gasteiger partial charge in [0.05, 0.1) is 12.6 Å². The van der Waals surface area contributed by atoms with Crippen LogP contribution in [0.15, 0.2) is 42.5 Å². The van der Waals surface area contributed by atoms with Gasteiger partial charge in [-0.2, -0.15) is 0 Å². The summed E-state index contributed by atoms with van der Waals surface area (Å²) in [6.07, 6.45) is 7.58. The minimum atomic E-state index is -0.203. The molecular weight excluding hydrogens is 336 g/mol. The number of likely N-dealkylation sites (tertiary alicyclic amines) is 1. The quantitative estimate of drug-likeness (QED) is 0.853. The van der Waals surface area contributed by atoms with E-state index < -0.39 is 0 Å². The average molecular weight is 367 g/mol. The van der Waals surface area contributed by atoms with Gasteiger partial charge >= 0.3 is 0 Å². The van der Waals surface area contributed by atoms with E-state index in [-0.39, 0.29) is 12.0 Å². The highest BCUT2D eigenvalue weighted by Crippen LogP contribution is 2.34. The zero-order chi connectivity index (χ0) is 18.6. The van der Waals surface area contributed by atoms with Crippen molar-refractivity contribution in [2.75, 3.05) is 18.4 Å². The van der Waals surface area contributed by atoms with Crippen molar-refractivity contribution in [3.05, 3.63) is 42.5 Å². The van der Waals surface area contributed by atoms with Crippen LogP contribution in [0, 0.1) is 5.92 Å². The summed E-state index contributed by atoms with van der Waals surface area (Å²) in [5.74, 6) is 0.368. The van der Waals surface area contributed by atoms with E-state index in [4.69, 9.17) is 0 Å². The standard InChI is InChI=1S/C23H30N2O2/c26-22-14-4-3-11-19(22)21-13-5-6-15-25(21)16-23(27)24-20-12-7-9-17-8-1-2-10-18(17)20/h1-2,7-10,12,19,21-22,26H,3-6,11,13-16H2,(H,24,27)/t19-,21-,22+/m1/s1. The number of nitrogens with one attached hydrogen (secondary N) is 1. The van der Waals surface area contributed by atoms with Gasteiger partial charge in [0, 0.05) is 23.0 Å². The first-order chi connectivity index (χ1) is 13.2. The van der Waals surface area contributed by atoms with Crippen LogP contribution in [0.1, 0.15) is 44.9 Å². The highest BCUT2D eigenvalue weighted by Gasteiger charge is 2.36. The number of rotatable bonds is 4. The molecule has 4 heteroatoms. The molecule has 0 spiro atoms. The number of carbonyl (C=O) groups is 1. The van der Waals surface area contributed by atoms with E-state index in [1.54, 1.807) is 0 Å². The van der Waals surface area contributed by atoms with Crippen molar-refractivity contribution >= 4 is 22.4 Å². The number of aliphatic hydroxyl groups excluding tert-OH is 1. The topological polar surface area (TPSA) is 52.6 Å². The van der Waals surface area contributed by atoms with E-state index in [2.05, 4.69) is 22.3 Å². The molecule has 3 atom stereocenters. The van der Waals surface area contributed by atoms with Gasteiger partial charge in [-0.05, 0) is 43.7 Å². The Balaban J connectivity index is 1.45. The summed E-state index contributed by atoms with van der Waals surface area (Å²) < 4.78 is 0. The summed E-state index contributed by atoms with van der Waals surface area (Å²) in [5, 5.41) is 15.8. The number of anilines is 1. The Morgan fingerprint density at radius 3 is 2.67 bits per heavy atom. The summed E-state index contributed by atoms with van der Waals surface area (Å²) in [7, 11) is 0. The van der Waals surface area contributed by atoms with Gasteiger partial charge in [-0.25, -0.2) is 0 Å². The Hall–Kier alpha value is -1.91. The fraction of sp³-hybridized carbons (Fsp3) is 0.522. The van der Waals surface area contributed by atoms with Gasteiger partial charge in [0.2, 0.25) is 5.91 Å². The molecule has 1 amide bonds. The second kappa shape index (κ2) is 8.41. The Bertz CT molecular complexity index is 786. The van der Waals surface area contributed by atoms with Crippen molar-refractivity contribution in [3.8, 4) is 0 Å². The Labute approximate surface area is 161 Å². The number of benzene rings is 2. The van der Waals surface area contributed by atoms with Crippen molar-refractivity contribution in [2.45, 2.75) is 57.1 Å². The van der Waals surface area contributed by atoms with Crippen LogP contribution in [-0.2, 0) is 4.79 Å². The molecule has 144 valence electrons. The van der Waals surface area contributed by atoms with Crippen LogP contribution in [0.5, 0.6) is 0 Å². The number of fused-ring (bicyclic) bond motifs is 1. The maximum absolute atomic E-state index is 12.8. The van der Waals surface area contributed by atoms with Gasteiger partial charge in [-0.3, -0.25) is 9.69 Å². The SMILES string of the molecule is O=C(CN1CCCC[C@@H]1[C@H]1CCCC[C@@H]1O)Nc1cccc2ccccc12. The van der Waals surface area contributed by atoms with E-state index in [0.29, 0.717) is 18.5 Å². The monoisotopic (exact) mass is 366 g/mol. The molecule has 1 saturated heterocycles. The number of hydrogen-bond acceptors (Lipinski definition) is 3. The lowest BCUT2D eigenvalue weighted by molar-refractivity contribution is -0.119. The summed E-state index contributed by atoms with van der Waals surface area (Å²) in [5.41, 5.74) is 0.879. The van der Waals surface area contributed by atoms with E-state index >= 15 is 0 Å². The molecule has 0 radical (unpaired) electrons. The second-order valence-corrected chi connectivity index (χ2v) is 8.12. The summed E-state index contributed by atoms with van der Waals surface area (Å²) in [6.45, 7) is 1.37. The van der Waals surface area contributed by atoms with Gasteiger partial charge in [-0.1, -0.05) is 55.7 Å². The maximum atomic E-state index is 12.8. The third-order valence-corrected chi connectivity index (χ3v) is 6.35. The minimum Gasteiger partial charge on any atom is -0.393 e. The first-order valence-corrected chi connectivity index (χ1v) is 10.4. The van der Waals surface area contributed by atoms with Crippen LogP contribution in [0.25, 0.3) is 10.8 Å². The molecule has 2 N–H and O–H groups in total. The van der Waals surface area contributed by atoms with E-state index in [1.807, 2.05) is 30.3 Å². The third kappa shape index (κ3) is 4.17. The van der Waals surface area contributed by atoms with Gasteiger partial charge in [0.25, 0.3) is 0 Å². The van der Waals surface area contributed by atoms with Gasteiger partial charge in [-0.15, -0.1) is 0 Å². The molecule has 0 unspecified atom stereocenters. The molecular formula is C23H30N2O2. The van der Waals surface area contributed by atoms with Gasteiger partial charge in [0.15, 0.2) is 0 Å². The van der Waals surface area contributed by atoms with Gasteiger partial charge < -0.3 is 10.4 Å². The lowest BCUT2D eigenvalue weighted by Crippen LogP contribution is -2.51. The molecule has 2 aromatic rings. The van der Waals surface area contributed by atoms with Crippen molar-refractivity contribution in [2.24, 2.45) is 5.92 Å². The lowest BCUT2D eigenvalue weighted by Gasteiger charge is -2.43. The first-order valence-electron chi connectivity index (χ1n) is 10.4. The normalized spacial score (nSPS) is 26.8. The molecule has 0 aromatic heterocycles. The minimum absolute atomic E-state index is 0.0450. The van der Waals surface area contributed by atoms with Gasteiger partial charge in [0.1, 0.15) is 0 Å². The van der Waals surface area contributed by atoms with Crippen molar-refractivity contribution in [1.82, 2.24) is 4.90 Å². The van der Waals surface area contributed by atoms with Crippen LogP contribution in [0.2, 0.25) is 0 Å². The van der Waals surface area contributed by atoms with Crippen molar-refractivity contribution in [3.63, 3.8) is 0 Å². The average Bonchev–Trinajstić information content (AvgIpc) is 2.69. The van der Waals surface area contributed by atoms with Crippen LogP contribution < -0.4 is 5.32 Å². The Kier molecular flexibility index (Phi) is 5.74. The molecule has 1 saturated carbocycles. The van der Waals surface area contributed by atoms with Crippen LogP contribution in [0.4, 0.5) is 5.69 Å². The molecule has 1 aliphatic heterocycles. The largest absolute Gasteiger partial charge is 0.393 e. The summed E-state index contributed by atoms with van der Waals surface area (Å²) in [4.78, 5) is 15.1. The highest BCUT2D eigenvalue weighted by molar-refractivity contribution is 6.02. The lowest BCUT2D eigenvalue weighted by atomic mass is 9.78. The van der Waals surface area contributed by atoms with Crippen molar-refractivity contribution in [1.29, 1.82) is 0 Å². The number of carbonyl (C=O) groups excluding carboxylic acids is 1. The molecule has 2 aliphatic rings. The first kappa shape index (κ1) is 18.5. The van der Waals surface area contributed by atoms with Crippen LogP contribution >= 0.6 is 0 Å². The molecule has 1 aliphatic carbocycles. The maximum Gasteiger partial charge on any atom is 0.238 e. The zero-order valence-corrected chi connectivity index (χ0v) is 15.9. The predicted octanol–water partition coefficient (Wildman–Crippen LogP) is 4.18. The van der Waals surface area contributed by atoms with E-state index in [1.165, 1.54) is 12.8 Å². The number of aliphatic hydroxyl groups is 1. The Morgan fingerprint density at radius 2 is 1.78 bits per heavy atom. The zero-order valence-electron chi connectivity index (χ0n) is 15.9. The molecule has 1 heterocycles. The predicted molar refractivity (Wildman–Crippen MR) is 110 cm³/mol. The van der Waals surface area contributed by atoms with Crippen molar-refractivity contribution < 1.29 is 9.90 Å². The van der Waals surface area contributed by atoms with E-state index in [9.17, 15) is 9.90 Å². The fourth-order valence-corrected chi connectivity index (χ4v) is 5.00. The Morgan fingerprint density at radius 1 is 1.00 bits per heavy atom. The molecule has 4 rings (SSSR count). The number of piperidine rings is 1. The molecule has 27 heavy (non-hydrogen) atoms. The number of nitrogens with zero attached hydrogens (tertiary/aromatic N) is 1. The second-order valence-electron chi connectivity index (χ2n) is 8.12. The summed E-state index contributed by atoms with van der Waals surface area (Å²) >= 11 is 0.